The van der Waals surface area contributed by atoms with Gasteiger partial charge in [-0.25, -0.2) is 4.98 Å². The summed E-state index contributed by atoms with van der Waals surface area (Å²) in [6, 6.07) is 0. The zero-order valence-electron chi connectivity index (χ0n) is 12.2. The number of thiazole rings is 1. The highest BCUT2D eigenvalue weighted by molar-refractivity contribution is 7.18. The van der Waals surface area contributed by atoms with E-state index < -0.39 is 0 Å². The highest BCUT2D eigenvalue weighted by atomic mass is 32.1. The molecule has 2 rings (SSSR count). The molecule has 0 unspecified atom stereocenters. The van der Waals surface area contributed by atoms with Crippen LogP contribution in [0.1, 0.15) is 49.2 Å². The predicted molar refractivity (Wildman–Crippen MR) is 84.1 cm³/mol. The minimum Gasteiger partial charge on any atom is -0.382 e. The van der Waals surface area contributed by atoms with Crippen LogP contribution in [0.25, 0.3) is 0 Å². The van der Waals surface area contributed by atoms with Crippen molar-refractivity contribution < 1.29 is 4.79 Å². The maximum absolute atomic E-state index is 12.0. The number of anilines is 2. The van der Waals surface area contributed by atoms with Crippen LogP contribution in [0.15, 0.2) is 0 Å². The van der Waals surface area contributed by atoms with Gasteiger partial charge in [0.1, 0.15) is 10.7 Å². The molecule has 1 aromatic heterocycles. The quantitative estimate of drug-likeness (QED) is 0.644. The van der Waals surface area contributed by atoms with Crippen molar-refractivity contribution in [3.05, 3.63) is 4.88 Å². The fraction of sp³-hybridized carbons (Fsp3) is 0.714. The third-order valence-electron chi connectivity index (χ3n) is 3.29. The maximum atomic E-state index is 12.0. The van der Waals surface area contributed by atoms with Crippen LogP contribution in [0, 0.1) is 11.8 Å². The van der Waals surface area contributed by atoms with Gasteiger partial charge in [0.2, 0.25) is 0 Å². The Bertz CT molecular complexity index is 454. The average Bonchev–Trinajstić information content (AvgIpc) is 3.14. The summed E-state index contributed by atoms with van der Waals surface area (Å²) in [6.07, 6.45) is 4.99. The van der Waals surface area contributed by atoms with E-state index in [-0.39, 0.29) is 5.91 Å². The summed E-state index contributed by atoms with van der Waals surface area (Å²) < 4.78 is 0. The van der Waals surface area contributed by atoms with E-state index in [9.17, 15) is 4.79 Å². The van der Waals surface area contributed by atoms with Gasteiger partial charge < -0.3 is 16.4 Å². The van der Waals surface area contributed by atoms with Crippen molar-refractivity contribution >= 4 is 28.2 Å². The lowest BCUT2D eigenvalue weighted by atomic mass is 10.2. The summed E-state index contributed by atoms with van der Waals surface area (Å²) in [7, 11) is 0. The zero-order valence-corrected chi connectivity index (χ0v) is 13.1. The molecule has 6 heteroatoms. The molecule has 1 aliphatic rings. The number of carbonyl (C=O) groups excluding carboxylic acids is 1. The standard InChI is InChI=1S/C14H24N4OS/c1-9(2)8-17-14-18-12(15)11(20-14)13(19)16-7-3-4-10-5-6-10/h9-10H,3-8,15H2,1-2H3,(H,16,19)(H,17,18). The Kier molecular flexibility index (Phi) is 5.23. The SMILES string of the molecule is CC(C)CNc1nc(N)c(C(=O)NCCCC2CC2)s1. The maximum Gasteiger partial charge on any atom is 0.265 e. The number of carbonyl (C=O) groups is 1. The third kappa shape index (κ3) is 4.67. The van der Waals surface area contributed by atoms with Crippen LogP contribution in [0.3, 0.4) is 0 Å². The van der Waals surface area contributed by atoms with Crippen molar-refractivity contribution in [1.82, 2.24) is 10.3 Å². The molecule has 1 fully saturated rings. The molecule has 1 aromatic rings. The monoisotopic (exact) mass is 296 g/mol. The van der Waals surface area contributed by atoms with E-state index in [1.54, 1.807) is 0 Å². The molecule has 1 saturated carbocycles. The predicted octanol–water partition coefficient (Wildman–Crippen LogP) is 2.71. The Hall–Kier alpha value is -1.30. The number of nitrogens with one attached hydrogen (secondary N) is 2. The van der Waals surface area contributed by atoms with Crippen molar-refractivity contribution in [3.63, 3.8) is 0 Å². The number of rotatable bonds is 8. The van der Waals surface area contributed by atoms with Crippen molar-refractivity contribution in [1.29, 1.82) is 0 Å². The first-order chi connectivity index (χ1) is 9.56. The molecule has 0 bridgehead atoms. The molecular formula is C14H24N4OS. The second-order valence-electron chi connectivity index (χ2n) is 5.85. The molecule has 112 valence electrons. The van der Waals surface area contributed by atoms with Crippen LogP contribution < -0.4 is 16.4 Å². The molecular weight excluding hydrogens is 272 g/mol. The number of hydrogen-bond donors (Lipinski definition) is 3. The molecule has 0 aromatic carbocycles. The number of aromatic nitrogens is 1. The first-order valence-corrected chi connectivity index (χ1v) is 8.16. The summed E-state index contributed by atoms with van der Waals surface area (Å²) in [6.45, 7) is 5.80. The first-order valence-electron chi connectivity index (χ1n) is 7.34. The molecule has 0 atom stereocenters. The number of hydrogen-bond acceptors (Lipinski definition) is 5. The smallest absolute Gasteiger partial charge is 0.265 e. The van der Waals surface area contributed by atoms with E-state index >= 15 is 0 Å². The fourth-order valence-electron chi connectivity index (χ4n) is 1.94. The zero-order chi connectivity index (χ0) is 14.5. The highest BCUT2D eigenvalue weighted by Crippen LogP contribution is 2.33. The third-order valence-corrected chi connectivity index (χ3v) is 4.32. The van der Waals surface area contributed by atoms with Gasteiger partial charge >= 0.3 is 0 Å². The molecule has 4 N–H and O–H groups in total. The van der Waals surface area contributed by atoms with Gasteiger partial charge in [-0.1, -0.05) is 38.0 Å². The van der Waals surface area contributed by atoms with E-state index in [1.807, 2.05) is 0 Å². The lowest BCUT2D eigenvalue weighted by Gasteiger charge is -2.04. The van der Waals surface area contributed by atoms with E-state index in [0.717, 1.165) is 30.6 Å². The Morgan fingerprint density at radius 1 is 1.50 bits per heavy atom. The number of nitrogens with two attached hydrogens (primary N) is 1. The second kappa shape index (κ2) is 6.92. The molecule has 5 nitrogen and oxygen atoms in total. The minimum absolute atomic E-state index is 0.103. The van der Waals surface area contributed by atoms with E-state index in [0.29, 0.717) is 16.6 Å². The van der Waals surface area contributed by atoms with E-state index in [1.165, 1.54) is 30.6 Å². The van der Waals surface area contributed by atoms with Crippen LogP contribution in [0.2, 0.25) is 0 Å². The normalized spacial score (nSPS) is 14.6. The van der Waals surface area contributed by atoms with Crippen molar-refractivity contribution in [2.24, 2.45) is 11.8 Å². The molecule has 1 heterocycles. The molecule has 0 radical (unpaired) electrons. The van der Waals surface area contributed by atoms with E-state index in [2.05, 4.69) is 29.5 Å². The van der Waals surface area contributed by atoms with Gasteiger partial charge in [0, 0.05) is 13.1 Å². The topological polar surface area (TPSA) is 80.0 Å². The molecule has 1 amide bonds. The van der Waals surface area contributed by atoms with Crippen LogP contribution in [-0.4, -0.2) is 24.0 Å². The number of amides is 1. The lowest BCUT2D eigenvalue weighted by Crippen LogP contribution is -2.24. The molecule has 0 aliphatic heterocycles. The van der Waals surface area contributed by atoms with Crippen LogP contribution >= 0.6 is 11.3 Å². The van der Waals surface area contributed by atoms with Crippen LogP contribution in [0.4, 0.5) is 10.9 Å². The Labute approximate surface area is 124 Å². The number of nitrogens with zero attached hydrogens (tertiary/aromatic N) is 1. The van der Waals surface area contributed by atoms with Crippen molar-refractivity contribution in [3.8, 4) is 0 Å². The van der Waals surface area contributed by atoms with Gasteiger partial charge in [-0.05, 0) is 24.7 Å². The summed E-state index contributed by atoms with van der Waals surface area (Å²) >= 11 is 1.33. The van der Waals surface area contributed by atoms with Crippen molar-refractivity contribution in [2.75, 3.05) is 24.1 Å². The second-order valence-corrected chi connectivity index (χ2v) is 6.85. The molecule has 0 spiro atoms. The van der Waals surface area contributed by atoms with Crippen molar-refractivity contribution in [2.45, 2.75) is 39.5 Å². The highest BCUT2D eigenvalue weighted by Gasteiger charge is 2.20. The van der Waals surface area contributed by atoms with Gasteiger partial charge in [0.15, 0.2) is 5.13 Å². The van der Waals surface area contributed by atoms with Crippen LogP contribution in [0.5, 0.6) is 0 Å². The van der Waals surface area contributed by atoms with E-state index in [4.69, 9.17) is 5.73 Å². The first kappa shape index (κ1) is 15.1. The molecule has 1 aliphatic carbocycles. The summed E-state index contributed by atoms with van der Waals surface area (Å²) in [5.41, 5.74) is 5.81. The Morgan fingerprint density at radius 2 is 2.25 bits per heavy atom. The lowest BCUT2D eigenvalue weighted by molar-refractivity contribution is 0.0957. The number of nitrogen functional groups attached to an aromatic ring is 1. The minimum atomic E-state index is -0.103. The molecule has 20 heavy (non-hydrogen) atoms. The largest absolute Gasteiger partial charge is 0.382 e. The van der Waals surface area contributed by atoms with Gasteiger partial charge in [-0.3, -0.25) is 4.79 Å². The summed E-state index contributed by atoms with van der Waals surface area (Å²) in [5, 5.41) is 6.84. The summed E-state index contributed by atoms with van der Waals surface area (Å²) in [5.74, 6) is 1.65. The van der Waals surface area contributed by atoms with Gasteiger partial charge in [-0.2, -0.15) is 0 Å². The Morgan fingerprint density at radius 3 is 2.90 bits per heavy atom. The molecule has 0 saturated heterocycles. The van der Waals surface area contributed by atoms with Crippen LogP contribution in [-0.2, 0) is 0 Å². The average molecular weight is 296 g/mol. The van der Waals surface area contributed by atoms with Gasteiger partial charge in [0.25, 0.3) is 5.91 Å². The fourth-order valence-corrected chi connectivity index (χ4v) is 2.75. The van der Waals surface area contributed by atoms with Gasteiger partial charge in [-0.15, -0.1) is 0 Å². The van der Waals surface area contributed by atoms with Gasteiger partial charge in [0.05, 0.1) is 0 Å². The summed E-state index contributed by atoms with van der Waals surface area (Å²) in [4.78, 5) is 16.7. The Balaban J connectivity index is 1.78.